The molecule has 1 atom stereocenters. The summed E-state index contributed by atoms with van der Waals surface area (Å²) in [4.78, 5) is 33.5. The van der Waals surface area contributed by atoms with Gasteiger partial charge in [0.25, 0.3) is 5.78 Å². The fourth-order valence-electron chi connectivity index (χ4n) is 4.34. The molecular weight excluding hydrogens is 500 g/mol. The quantitative estimate of drug-likeness (QED) is 0.221. The van der Waals surface area contributed by atoms with Gasteiger partial charge in [-0.2, -0.15) is 0 Å². The van der Waals surface area contributed by atoms with Crippen molar-refractivity contribution in [3.05, 3.63) is 69.9 Å². The van der Waals surface area contributed by atoms with Crippen LogP contribution in [-0.4, -0.2) is 41.6 Å². The number of hydrogen-bond acceptors (Lipinski definition) is 9. The lowest BCUT2D eigenvalue weighted by molar-refractivity contribution is -0.132. The molecule has 4 aromatic rings. The molecule has 1 N–H and O–H groups in total. The van der Waals surface area contributed by atoms with E-state index in [9.17, 15) is 14.7 Å². The Morgan fingerprint density at radius 3 is 2.75 bits per heavy atom. The molecule has 1 amide bonds. The Balaban J connectivity index is 1.48. The number of ketones is 1. The molecular formula is C26H20N2O6S2. The molecule has 1 unspecified atom stereocenters. The molecule has 2 aromatic carbocycles. The van der Waals surface area contributed by atoms with Crippen LogP contribution in [0.2, 0.25) is 0 Å². The first-order valence-electron chi connectivity index (χ1n) is 11.3. The predicted molar refractivity (Wildman–Crippen MR) is 137 cm³/mol. The van der Waals surface area contributed by atoms with E-state index in [2.05, 4.69) is 4.98 Å². The Morgan fingerprint density at radius 2 is 1.97 bits per heavy atom. The molecule has 0 radical (unpaired) electrons. The second kappa shape index (κ2) is 8.96. The van der Waals surface area contributed by atoms with Crippen molar-refractivity contribution in [3.8, 4) is 17.2 Å². The van der Waals surface area contributed by atoms with E-state index < -0.39 is 17.7 Å². The number of fused-ring (bicyclic) bond motifs is 2. The van der Waals surface area contributed by atoms with E-state index in [1.807, 2.05) is 42.6 Å². The third-order valence-electron chi connectivity index (χ3n) is 5.94. The Hall–Kier alpha value is -3.89. The van der Waals surface area contributed by atoms with Crippen molar-refractivity contribution < 1.29 is 28.9 Å². The number of aliphatic hydroxyl groups excluding tert-OH is 1. The number of aromatic nitrogens is 1. The summed E-state index contributed by atoms with van der Waals surface area (Å²) in [5.74, 6) is -0.0364. The minimum absolute atomic E-state index is 0.00777. The number of carbonyl (C=O) groups excluding carboxylic acids is 2. The number of ether oxygens (including phenoxy) is 3. The number of nitrogens with zero attached hydrogens (tertiary/aromatic N) is 2. The fourth-order valence-corrected chi connectivity index (χ4v) is 6.19. The van der Waals surface area contributed by atoms with Crippen molar-refractivity contribution in [2.45, 2.75) is 13.0 Å². The van der Waals surface area contributed by atoms with Crippen LogP contribution in [0.1, 0.15) is 23.4 Å². The SMILES string of the molecule is CCOc1ccc2nc(N3C(=O)C(=O)/C(=C(\O)c4ccc5c(c4)OCCO5)C3c3cccs3)sc2c1. The van der Waals surface area contributed by atoms with Crippen LogP contribution < -0.4 is 19.1 Å². The number of hydrogen-bond donors (Lipinski definition) is 1. The Bertz CT molecular complexity index is 1520. The van der Waals surface area contributed by atoms with Crippen molar-refractivity contribution in [3.63, 3.8) is 0 Å². The van der Waals surface area contributed by atoms with Gasteiger partial charge in [-0.3, -0.25) is 14.5 Å². The number of thiazole rings is 1. The van der Waals surface area contributed by atoms with Crippen molar-refractivity contribution in [2.24, 2.45) is 0 Å². The van der Waals surface area contributed by atoms with Gasteiger partial charge in [0.1, 0.15) is 30.8 Å². The maximum Gasteiger partial charge on any atom is 0.301 e. The zero-order valence-corrected chi connectivity index (χ0v) is 20.7. The third kappa shape index (κ3) is 3.69. The van der Waals surface area contributed by atoms with E-state index in [-0.39, 0.29) is 11.3 Å². The Labute approximate surface area is 214 Å². The zero-order valence-electron chi connectivity index (χ0n) is 19.1. The van der Waals surface area contributed by atoms with E-state index in [0.717, 1.165) is 9.58 Å². The van der Waals surface area contributed by atoms with Crippen molar-refractivity contribution in [1.82, 2.24) is 4.98 Å². The maximum absolute atomic E-state index is 13.4. The first kappa shape index (κ1) is 22.6. The normalized spacial score (nSPS) is 18.7. The van der Waals surface area contributed by atoms with Crippen molar-refractivity contribution >= 4 is 55.5 Å². The van der Waals surface area contributed by atoms with Gasteiger partial charge < -0.3 is 19.3 Å². The predicted octanol–water partition coefficient (Wildman–Crippen LogP) is 5.15. The van der Waals surface area contributed by atoms with Crippen LogP contribution in [0.25, 0.3) is 16.0 Å². The first-order chi connectivity index (χ1) is 17.5. The second-order valence-corrected chi connectivity index (χ2v) is 10.1. The topological polar surface area (TPSA) is 98.2 Å². The Morgan fingerprint density at radius 1 is 1.14 bits per heavy atom. The van der Waals surface area contributed by atoms with Gasteiger partial charge in [-0.1, -0.05) is 17.4 Å². The van der Waals surface area contributed by atoms with Gasteiger partial charge in [-0.05, 0) is 54.8 Å². The molecule has 0 bridgehead atoms. The van der Waals surface area contributed by atoms with Crippen LogP contribution in [-0.2, 0) is 9.59 Å². The number of Topliss-reactive ketones (excluding diaryl/α,β-unsaturated/α-hetero) is 1. The lowest BCUT2D eigenvalue weighted by Gasteiger charge is -2.22. The summed E-state index contributed by atoms with van der Waals surface area (Å²) in [6, 6.07) is 13.3. The Kier molecular flexibility index (Phi) is 5.62. The van der Waals surface area contributed by atoms with Gasteiger partial charge in [-0.15, -0.1) is 11.3 Å². The molecule has 0 spiro atoms. The summed E-state index contributed by atoms with van der Waals surface area (Å²) >= 11 is 2.69. The van der Waals surface area contributed by atoms with Gasteiger partial charge in [0.05, 0.1) is 22.4 Å². The van der Waals surface area contributed by atoms with Gasteiger partial charge >= 0.3 is 5.91 Å². The number of rotatable bonds is 5. The molecule has 36 heavy (non-hydrogen) atoms. The van der Waals surface area contributed by atoms with Crippen LogP contribution in [0.5, 0.6) is 17.2 Å². The van der Waals surface area contributed by atoms with Gasteiger partial charge in [0.2, 0.25) is 0 Å². The molecule has 6 rings (SSSR count). The minimum Gasteiger partial charge on any atom is -0.507 e. The highest BCUT2D eigenvalue weighted by atomic mass is 32.1. The molecule has 2 aliphatic heterocycles. The average molecular weight is 521 g/mol. The van der Waals surface area contributed by atoms with Crippen LogP contribution in [0, 0.1) is 0 Å². The molecule has 0 aliphatic carbocycles. The highest BCUT2D eigenvalue weighted by molar-refractivity contribution is 7.22. The van der Waals surface area contributed by atoms with Crippen LogP contribution >= 0.6 is 22.7 Å². The summed E-state index contributed by atoms with van der Waals surface area (Å²) in [5.41, 5.74) is 1.06. The maximum atomic E-state index is 13.4. The summed E-state index contributed by atoms with van der Waals surface area (Å²) in [6.45, 7) is 3.27. The minimum atomic E-state index is -0.815. The van der Waals surface area contributed by atoms with Crippen LogP contribution in [0.15, 0.2) is 59.5 Å². The monoisotopic (exact) mass is 520 g/mol. The van der Waals surface area contributed by atoms with Gasteiger partial charge in [-0.25, -0.2) is 4.98 Å². The highest BCUT2D eigenvalue weighted by Crippen LogP contribution is 2.46. The number of carbonyl (C=O) groups is 2. The van der Waals surface area contributed by atoms with E-state index in [1.165, 1.54) is 27.6 Å². The summed E-state index contributed by atoms with van der Waals surface area (Å²) < 4.78 is 17.6. The number of benzene rings is 2. The van der Waals surface area contributed by atoms with Crippen molar-refractivity contribution in [2.75, 3.05) is 24.7 Å². The third-order valence-corrected chi connectivity index (χ3v) is 7.88. The van der Waals surface area contributed by atoms with Crippen LogP contribution in [0.4, 0.5) is 5.13 Å². The smallest absolute Gasteiger partial charge is 0.301 e. The standard InChI is InChI=1S/C26H20N2O6S2/c1-2-32-15-6-7-16-20(13-15)36-26(27-16)28-22(19-4-3-11-35-19)21(24(30)25(28)31)23(29)14-5-8-17-18(12-14)34-10-9-33-17/h3-8,11-13,22,29H,2,9-10H2,1H3/b23-21-. The lowest BCUT2D eigenvalue weighted by Crippen LogP contribution is -2.28. The van der Waals surface area contributed by atoms with Gasteiger partial charge in [0, 0.05) is 10.4 Å². The van der Waals surface area contributed by atoms with Crippen LogP contribution in [0.3, 0.4) is 0 Å². The van der Waals surface area contributed by atoms with E-state index in [0.29, 0.717) is 53.3 Å². The molecule has 2 aromatic heterocycles. The molecule has 0 saturated carbocycles. The molecule has 10 heteroatoms. The summed E-state index contributed by atoms with van der Waals surface area (Å²) in [7, 11) is 0. The van der Waals surface area contributed by atoms with E-state index >= 15 is 0 Å². The first-order valence-corrected chi connectivity index (χ1v) is 13.0. The fraction of sp³-hybridized carbons (Fsp3) is 0.192. The number of amides is 1. The molecule has 1 fully saturated rings. The van der Waals surface area contributed by atoms with E-state index in [1.54, 1.807) is 18.2 Å². The second-order valence-electron chi connectivity index (χ2n) is 8.10. The average Bonchev–Trinajstić information content (AvgIpc) is 3.62. The molecule has 4 heterocycles. The summed E-state index contributed by atoms with van der Waals surface area (Å²) in [5, 5.41) is 13.6. The molecule has 182 valence electrons. The highest BCUT2D eigenvalue weighted by Gasteiger charge is 2.48. The van der Waals surface area contributed by atoms with Crippen molar-refractivity contribution in [1.29, 1.82) is 0 Å². The van der Waals surface area contributed by atoms with Gasteiger partial charge in [0.15, 0.2) is 16.6 Å². The molecule has 2 aliphatic rings. The number of thiophene rings is 1. The largest absolute Gasteiger partial charge is 0.507 e. The zero-order chi connectivity index (χ0) is 24.8. The lowest BCUT2D eigenvalue weighted by atomic mass is 9.99. The molecule has 1 saturated heterocycles. The molecule has 8 nitrogen and oxygen atoms in total. The number of aliphatic hydroxyl groups is 1. The summed E-state index contributed by atoms with van der Waals surface area (Å²) in [6.07, 6.45) is 0. The number of anilines is 1. The van der Waals surface area contributed by atoms with E-state index in [4.69, 9.17) is 14.2 Å².